The minimum absolute atomic E-state index is 0.161. The fraction of sp³-hybridized carbons (Fsp3) is 0.273. The Hall–Kier alpha value is -3.08. The summed E-state index contributed by atoms with van der Waals surface area (Å²) in [6.07, 6.45) is 1.95. The summed E-state index contributed by atoms with van der Waals surface area (Å²) < 4.78 is 5.68. The molecule has 3 rings (SSSR count). The van der Waals surface area contributed by atoms with Crippen LogP contribution in [-0.2, 0) is 6.54 Å². The standard InChI is InChI=1S/C22H26N4O/c1-4-26(16-18-8-6-5-7-9-18)21-14-15-23-22(25-21)24-19-10-12-20(13-11-19)27-17(2)3/h5-15,17H,4,16H2,1-3H3,(H,23,24,25). The zero-order valence-corrected chi connectivity index (χ0v) is 16.1. The van der Waals surface area contributed by atoms with Gasteiger partial charge in [0.25, 0.3) is 0 Å². The van der Waals surface area contributed by atoms with Crippen LogP contribution in [0, 0.1) is 0 Å². The van der Waals surface area contributed by atoms with Crippen LogP contribution < -0.4 is 15.0 Å². The Balaban J connectivity index is 1.70. The van der Waals surface area contributed by atoms with Crippen LogP contribution in [0.15, 0.2) is 66.9 Å². The van der Waals surface area contributed by atoms with E-state index in [1.807, 2.05) is 50.2 Å². The molecule has 1 heterocycles. The van der Waals surface area contributed by atoms with Crippen LogP contribution in [0.3, 0.4) is 0 Å². The maximum atomic E-state index is 5.68. The van der Waals surface area contributed by atoms with Crippen molar-refractivity contribution in [3.63, 3.8) is 0 Å². The van der Waals surface area contributed by atoms with Gasteiger partial charge in [0.1, 0.15) is 11.6 Å². The number of rotatable bonds is 8. The summed E-state index contributed by atoms with van der Waals surface area (Å²) in [5.74, 6) is 2.33. The first-order chi connectivity index (χ1) is 13.1. The van der Waals surface area contributed by atoms with Gasteiger partial charge in [0.2, 0.25) is 5.95 Å². The van der Waals surface area contributed by atoms with Crippen molar-refractivity contribution in [2.75, 3.05) is 16.8 Å². The molecule has 1 aromatic heterocycles. The second kappa shape index (κ2) is 9.03. The summed E-state index contributed by atoms with van der Waals surface area (Å²) in [4.78, 5) is 11.3. The van der Waals surface area contributed by atoms with E-state index in [1.54, 1.807) is 6.20 Å². The normalized spacial score (nSPS) is 10.7. The molecule has 0 aliphatic rings. The largest absolute Gasteiger partial charge is 0.491 e. The molecule has 0 aliphatic heterocycles. The van der Waals surface area contributed by atoms with Crippen molar-refractivity contribution in [2.24, 2.45) is 0 Å². The second-order valence-corrected chi connectivity index (χ2v) is 6.55. The van der Waals surface area contributed by atoms with Crippen molar-refractivity contribution >= 4 is 17.5 Å². The van der Waals surface area contributed by atoms with E-state index < -0.39 is 0 Å². The molecule has 0 radical (unpaired) electrons. The Morgan fingerprint density at radius 2 is 1.74 bits per heavy atom. The molecule has 1 N–H and O–H groups in total. The third-order valence-corrected chi connectivity index (χ3v) is 4.05. The summed E-state index contributed by atoms with van der Waals surface area (Å²) in [6, 6.07) is 20.2. The second-order valence-electron chi connectivity index (χ2n) is 6.55. The molecule has 0 unspecified atom stereocenters. The average molecular weight is 362 g/mol. The zero-order chi connectivity index (χ0) is 19.1. The molecule has 140 valence electrons. The molecule has 2 aromatic carbocycles. The van der Waals surface area contributed by atoms with Crippen molar-refractivity contribution in [1.82, 2.24) is 9.97 Å². The first-order valence-corrected chi connectivity index (χ1v) is 9.29. The SMILES string of the molecule is CCN(Cc1ccccc1)c1ccnc(Nc2ccc(OC(C)C)cc2)n1. The number of nitrogens with one attached hydrogen (secondary N) is 1. The fourth-order valence-electron chi connectivity index (χ4n) is 2.76. The summed E-state index contributed by atoms with van der Waals surface area (Å²) in [7, 11) is 0. The van der Waals surface area contributed by atoms with E-state index >= 15 is 0 Å². The van der Waals surface area contributed by atoms with Gasteiger partial charge in [-0.05, 0) is 56.7 Å². The van der Waals surface area contributed by atoms with Crippen molar-refractivity contribution in [3.8, 4) is 5.75 Å². The van der Waals surface area contributed by atoms with Crippen LogP contribution in [0.5, 0.6) is 5.75 Å². The highest BCUT2D eigenvalue weighted by atomic mass is 16.5. The van der Waals surface area contributed by atoms with Crippen LogP contribution in [0.2, 0.25) is 0 Å². The van der Waals surface area contributed by atoms with E-state index in [-0.39, 0.29) is 6.10 Å². The monoisotopic (exact) mass is 362 g/mol. The highest BCUT2D eigenvalue weighted by molar-refractivity contribution is 5.56. The number of anilines is 3. The minimum Gasteiger partial charge on any atom is -0.491 e. The average Bonchev–Trinajstić information content (AvgIpc) is 2.68. The predicted molar refractivity (Wildman–Crippen MR) is 111 cm³/mol. The van der Waals surface area contributed by atoms with Gasteiger partial charge in [0.15, 0.2) is 0 Å². The van der Waals surface area contributed by atoms with Gasteiger partial charge >= 0.3 is 0 Å². The first kappa shape index (κ1) is 18.7. The highest BCUT2D eigenvalue weighted by Crippen LogP contribution is 2.21. The van der Waals surface area contributed by atoms with Crippen molar-refractivity contribution in [3.05, 3.63) is 72.4 Å². The summed E-state index contributed by atoms with van der Waals surface area (Å²) in [5, 5.41) is 3.26. The quantitative estimate of drug-likeness (QED) is 0.609. The van der Waals surface area contributed by atoms with E-state index in [9.17, 15) is 0 Å². The molecular formula is C22H26N4O. The van der Waals surface area contributed by atoms with Gasteiger partial charge < -0.3 is 15.0 Å². The van der Waals surface area contributed by atoms with Crippen LogP contribution in [0.1, 0.15) is 26.3 Å². The molecule has 0 fully saturated rings. The van der Waals surface area contributed by atoms with Crippen molar-refractivity contribution in [1.29, 1.82) is 0 Å². The van der Waals surface area contributed by atoms with Gasteiger partial charge in [-0.15, -0.1) is 0 Å². The van der Waals surface area contributed by atoms with Crippen LogP contribution in [0.25, 0.3) is 0 Å². The Morgan fingerprint density at radius 3 is 2.41 bits per heavy atom. The van der Waals surface area contributed by atoms with E-state index in [2.05, 4.69) is 51.4 Å². The molecule has 0 saturated carbocycles. The predicted octanol–water partition coefficient (Wildman–Crippen LogP) is 5.03. The number of aromatic nitrogens is 2. The molecule has 0 aliphatic carbocycles. The topological polar surface area (TPSA) is 50.3 Å². The fourth-order valence-corrected chi connectivity index (χ4v) is 2.76. The molecule has 5 heteroatoms. The van der Waals surface area contributed by atoms with Gasteiger partial charge in [0, 0.05) is 25.0 Å². The van der Waals surface area contributed by atoms with Gasteiger partial charge in [0.05, 0.1) is 6.10 Å². The summed E-state index contributed by atoms with van der Waals surface area (Å²) >= 11 is 0. The van der Waals surface area contributed by atoms with Crippen LogP contribution in [0.4, 0.5) is 17.5 Å². The van der Waals surface area contributed by atoms with E-state index in [4.69, 9.17) is 4.74 Å². The lowest BCUT2D eigenvalue weighted by Crippen LogP contribution is -2.23. The van der Waals surface area contributed by atoms with Gasteiger partial charge in [-0.2, -0.15) is 4.98 Å². The third kappa shape index (κ3) is 5.45. The molecule has 0 spiro atoms. The van der Waals surface area contributed by atoms with E-state index in [1.165, 1.54) is 5.56 Å². The number of ether oxygens (including phenoxy) is 1. The highest BCUT2D eigenvalue weighted by Gasteiger charge is 2.09. The molecule has 0 saturated heterocycles. The Labute approximate surface area is 161 Å². The summed E-state index contributed by atoms with van der Waals surface area (Å²) in [6.45, 7) is 7.84. The smallest absolute Gasteiger partial charge is 0.229 e. The number of hydrogen-bond acceptors (Lipinski definition) is 5. The maximum Gasteiger partial charge on any atom is 0.229 e. The Bertz CT molecular complexity index is 834. The van der Waals surface area contributed by atoms with Crippen molar-refractivity contribution in [2.45, 2.75) is 33.4 Å². The minimum atomic E-state index is 0.161. The lowest BCUT2D eigenvalue weighted by atomic mass is 10.2. The van der Waals surface area contributed by atoms with E-state index in [0.717, 1.165) is 30.3 Å². The maximum absolute atomic E-state index is 5.68. The number of benzene rings is 2. The van der Waals surface area contributed by atoms with Gasteiger partial charge in [-0.25, -0.2) is 4.98 Å². The third-order valence-electron chi connectivity index (χ3n) is 4.05. The first-order valence-electron chi connectivity index (χ1n) is 9.29. The molecule has 0 bridgehead atoms. The zero-order valence-electron chi connectivity index (χ0n) is 16.1. The number of nitrogens with zero attached hydrogens (tertiary/aromatic N) is 3. The van der Waals surface area contributed by atoms with Gasteiger partial charge in [-0.1, -0.05) is 30.3 Å². The molecule has 0 atom stereocenters. The molecule has 5 nitrogen and oxygen atoms in total. The van der Waals surface area contributed by atoms with Crippen LogP contribution in [-0.4, -0.2) is 22.6 Å². The number of hydrogen-bond donors (Lipinski definition) is 1. The Morgan fingerprint density at radius 1 is 1.00 bits per heavy atom. The Kier molecular flexibility index (Phi) is 6.26. The van der Waals surface area contributed by atoms with Gasteiger partial charge in [-0.3, -0.25) is 0 Å². The summed E-state index contributed by atoms with van der Waals surface area (Å²) in [5.41, 5.74) is 2.18. The molecule has 3 aromatic rings. The molecular weight excluding hydrogens is 336 g/mol. The lowest BCUT2D eigenvalue weighted by molar-refractivity contribution is 0.242. The molecule has 27 heavy (non-hydrogen) atoms. The lowest BCUT2D eigenvalue weighted by Gasteiger charge is -2.22. The molecule has 0 amide bonds. The van der Waals surface area contributed by atoms with Crippen molar-refractivity contribution < 1.29 is 4.74 Å². The van der Waals surface area contributed by atoms with Crippen LogP contribution >= 0.6 is 0 Å². The van der Waals surface area contributed by atoms with E-state index in [0.29, 0.717) is 5.95 Å².